The number of nitrogens with zero attached hydrogens (tertiary/aromatic N) is 3. The summed E-state index contributed by atoms with van der Waals surface area (Å²) in [6.45, 7) is 0. The van der Waals surface area contributed by atoms with Gasteiger partial charge in [-0.1, -0.05) is 70.5 Å². The van der Waals surface area contributed by atoms with Crippen LogP contribution in [0.4, 0.5) is 0 Å². The molecule has 0 atom stereocenters. The molecule has 6 heteroatoms. The van der Waals surface area contributed by atoms with Gasteiger partial charge in [-0.05, 0) is 30.3 Å². The summed E-state index contributed by atoms with van der Waals surface area (Å²) >= 11 is 3.45. The van der Waals surface area contributed by atoms with Gasteiger partial charge in [0.25, 0.3) is 0 Å². The summed E-state index contributed by atoms with van der Waals surface area (Å²) < 4.78 is 0.971. The van der Waals surface area contributed by atoms with Crippen LogP contribution in [0.25, 0.3) is 22.6 Å². The number of hydrogen-bond acceptors (Lipinski definition) is 5. The summed E-state index contributed by atoms with van der Waals surface area (Å²) in [7, 11) is 0. The van der Waals surface area contributed by atoms with Gasteiger partial charge in [0.15, 0.2) is 5.82 Å². The van der Waals surface area contributed by atoms with Crippen LogP contribution in [0.5, 0.6) is 5.75 Å². The zero-order valence-corrected chi connectivity index (χ0v) is 16.9. The minimum Gasteiger partial charge on any atom is -0.507 e. The van der Waals surface area contributed by atoms with Gasteiger partial charge in [0.2, 0.25) is 0 Å². The molecule has 1 heterocycles. The fourth-order valence-corrected chi connectivity index (χ4v) is 3.27. The second kappa shape index (κ2) is 8.24. The summed E-state index contributed by atoms with van der Waals surface area (Å²) in [5.74, 6) is 6.34. The summed E-state index contributed by atoms with van der Waals surface area (Å²) in [5.41, 5.74) is 3.98. The van der Waals surface area contributed by atoms with E-state index in [2.05, 4.69) is 21.0 Å². The van der Waals surface area contributed by atoms with E-state index in [1.165, 1.54) is 0 Å². The van der Waals surface area contributed by atoms with Crippen LogP contribution in [-0.2, 0) is 0 Å². The van der Waals surface area contributed by atoms with Crippen LogP contribution < -0.4 is 5.84 Å². The first-order chi connectivity index (χ1) is 14.2. The number of hydrogen-bond donors (Lipinski definition) is 2. The van der Waals surface area contributed by atoms with Crippen molar-refractivity contribution in [3.05, 3.63) is 101 Å². The van der Waals surface area contributed by atoms with Gasteiger partial charge in [-0.15, -0.1) is 0 Å². The molecule has 3 N–H and O–H groups in total. The van der Waals surface area contributed by atoms with Gasteiger partial charge < -0.3 is 10.9 Å². The fraction of sp³-hybridized carbons (Fsp3) is 0. The number of aromatic nitrogens is 2. The monoisotopic (exact) mass is 444 g/mol. The Hall–Kier alpha value is -3.51. The maximum atomic E-state index is 10.3. The molecule has 0 radical (unpaired) electrons. The Morgan fingerprint density at radius 1 is 0.828 bits per heavy atom. The van der Waals surface area contributed by atoms with Gasteiger partial charge in [0, 0.05) is 21.2 Å². The van der Waals surface area contributed by atoms with E-state index in [1.807, 2.05) is 66.7 Å². The largest absolute Gasteiger partial charge is 0.507 e. The Labute approximate surface area is 176 Å². The third-order valence-electron chi connectivity index (χ3n) is 4.43. The summed E-state index contributed by atoms with van der Waals surface area (Å²) in [6, 6.07) is 26.3. The highest BCUT2D eigenvalue weighted by atomic mass is 79.9. The Kier molecular flexibility index (Phi) is 5.35. The molecule has 0 unspecified atom stereocenters. The molecule has 0 amide bonds. The Morgan fingerprint density at radius 2 is 1.52 bits per heavy atom. The van der Waals surface area contributed by atoms with Crippen LogP contribution in [-0.4, -0.2) is 20.8 Å². The van der Waals surface area contributed by atoms with Crippen molar-refractivity contribution in [2.24, 2.45) is 10.9 Å². The molecular weight excluding hydrogens is 428 g/mol. The lowest BCUT2D eigenvalue weighted by molar-refractivity contribution is 0.474. The normalized spacial score (nSPS) is 11.4. The van der Waals surface area contributed by atoms with Crippen LogP contribution in [0, 0.1) is 0 Å². The van der Waals surface area contributed by atoms with Gasteiger partial charge >= 0.3 is 0 Å². The maximum Gasteiger partial charge on any atom is 0.160 e. The van der Waals surface area contributed by atoms with E-state index in [0.29, 0.717) is 22.8 Å². The molecule has 3 aromatic carbocycles. The zero-order valence-electron chi connectivity index (χ0n) is 15.3. The first kappa shape index (κ1) is 18.8. The number of aromatic hydroxyl groups is 1. The summed E-state index contributed by atoms with van der Waals surface area (Å²) in [5, 5.41) is 14.2. The molecule has 0 saturated heterocycles. The number of para-hydroxylation sites is 1. The zero-order chi connectivity index (χ0) is 20.2. The van der Waals surface area contributed by atoms with Crippen molar-refractivity contribution in [2.75, 3.05) is 0 Å². The van der Waals surface area contributed by atoms with Crippen molar-refractivity contribution in [3.8, 4) is 28.4 Å². The lowest BCUT2D eigenvalue weighted by Gasteiger charge is -2.11. The highest BCUT2D eigenvalue weighted by Crippen LogP contribution is 2.26. The smallest absolute Gasteiger partial charge is 0.160 e. The molecule has 142 valence electrons. The number of rotatable bonds is 4. The number of benzene rings is 3. The van der Waals surface area contributed by atoms with E-state index in [0.717, 1.165) is 21.3 Å². The number of nitrogens with two attached hydrogens (primary N) is 1. The molecule has 0 aliphatic rings. The topological polar surface area (TPSA) is 84.4 Å². The van der Waals surface area contributed by atoms with Gasteiger partial charge in [-0.2, -0.15) is 5.10 Å². The predicted molar refractivity (Wildman–Crippen MR) is 119 cm³/mol. The lowest BCUT2D eigenvalue weighted by atomic mass is 10.0. The highest BCUT2D eigenvalue weighted by Gasteiger charge is 2.17. The minimum atomic E-state index is 0.0850. The maximum absolute atomic E-state index is 10.3. The molecule has 4 rings (SSSR count). The third-order valence-corrected chi connectivity index (χ3v) is 4.96. The average Bonchev–Trinajstić information content (AvgIpc) is 2.76. The molecule has 1 aromatic heterocycles. The van der Waals surface area contributed by atoms with E-state index in [4.69, 9.17) is 15.8 Å². The standard InChI is InChI=1S/C23H17BrN4O/c24-17-12-10-16(11-13-17)23-26-19(15-6-2-1-3-7-15)14-20(27-23)22(28-25)18-8-4-5-9-21(18)29/h1-14,29H,25H2/b28-22+. The lowest BCUT2D eigenvalue weighted by Crippen LogP contribution is -2.11. The molecule has 0 saturated carbocycles. The molecule has 0 aliphatic heterocycles. The number of hydrazone groups is 1. The van der Waals surface area contributed by atoms with E-state index < -0.39 is 0 Å². The van der Waals surface area contributed by atoms with Gasteiger partial charge in [0.1, 0.15) is 11.5 Å². The number of halogens is 1. The van der Waals surface area contributed by atoms with Crippen molar-refractivity contribution in [2.45, 2.75) is 0 Å². The van der Waals surface area contributed by atoms with Gasteiger partial charge in [-0.25, -0.2) is 9.97 Å². The number of phenolic OH excluding ortho intramolecular Hbond substituents is 1. The van der Waals surface area contributed by atoms with Crippen molar-refractivity contribution in [3.63, 3.8) is 0 Å². The van der Waals surface area contributed by atoms with E-state index >= 15 is 0 Å². The van der Waals surface area contributed by atoms with E-state index in [9.17, 15) is 5.11 Å². The van der Waals surface area contributed by atoms with Crippen LogP contribution in [0.2, 0.25) is 0 Å². The quantitative estimate of drug-likeness (QED) is 0.263. The number of phenols is 1. The molecule has 0 fully saturated rings. The van der Waals surface area contributed by atoms with Crippen LogP contribution in [0.1, 0.15) is 11.3 Å². The molecule has 29 heavy (non-hydrogen) atoms. The predicted octanol–water partition coefficient (Wildman–Crippen LogP) is 4.99. The van der Waals surface area contributed by atoms with Gasteiger partial charge in [-0.3, -0.25) is 0 Å². The third kappa shape index (κ3) is 4.02. The van der Waals surface area contributed by atoms with E-state index in [-0.39, 0.29) is 5.75 Å². The van der Waals surface area contributed by atoms with Crippen molar-refractivity contribution < 1.29 is 5.11 Å². The second-order valence-electron chi connectivity index (χ2n) is 6.33. The molecule has 0 bridgehead atoms. The summed E-state index contributed by atoms with van der Waals surface area (Å²) in [4.78, 5) is 9.45. The van der Waals surface area contributed by atoms with Crippen LogP contribution in [0.3, 0.4) is 0 Å². The van der Waals surface area contributed by atoms with E-state index in [1.54, 1.807) is 18.2 Å². The highest BCUT2D eigenvalue weighted by molar-refractivity contribution is 9.10. The van der Waals surface area contributed by atoms with Gasteiger partial charge in [0.05, 0.1) is 11.4 Å². The fourth-order valence-electron chi connectivity index (χ4n) is 3.00. The van der Waals surface area contributed by atoms with Crippen LogP contribution in [0.15, 0.2) is 94.5 Å². The first-order valence-electron chi connectivity index (χ1n) is 8.93. The van der Waals surface area contributed by atoms with Crippen LogP contribution >= 0.6 is 15.9 Å². The molecule has 5 nitrogen and oxygen atoms in total. The second-order valence-corrected chi connectivity index (χ2v) is 7.25. The van der Waals surface area contributed by atoms with Crippen molar-refractivity contribution in [1.82, 2.24) is 9.97 Å². The Morgan fingerprint density at radius 3 is 2.21 bits per heavy atom. The van der Waals surface area contributed by atoms with Crippen molar-refractivity contribution >= 4 is 21.6 Å². The summed E-state index contributed by atoms with van der Waals surface area (Å²) in [6.07, 6.45) is 0. The van der Waals surface area contributed by atoms with Crippen molar-refractivity contribution in [1.29, 1.82) is 0 Å². The SMILES string of the molecule is N/N=C(/c1cc(-c2ccccc2)nc(-c2ccc(Br)cc2)n1)c1ccccc1O. The Bertz CT molecular complexity index is 1180. The molecule has 0 spiro atoms. The average molecular weight is 445 g/mol. The minimum absolute atomic E-state index is 0.0850. The molecule has 0 aliphatic carbocycles. The Balaban J connectivity index is 1.92. The molecule has 4 aromatic rings. The first-order valence-corrected chi connectivity index (χ1v) is 9.72. The molecular formula is C23H17BrN4O.